The van der Waals surface area contributed by atoms with Crippen LogP contribution in [0.25, 0.3) is 10.2 Å². The average Bonchev–Trinajstić information content (AvgIpc) is 3.40. The highest BCUT2D eigenvalue weighted by Crippen LogP contribution is 2.25. The molecule has 0 bridgehead atoms. The monoisotopic (exact) mass is 553 g/mol. The Morgan fingerprint density at radius 3 is 2.47 bits per heavy atom. The lowest BCUT2D eigenvalue weighted by Gasteiger charge is -2.35. The van der Waals surface area contributed by atoms with Crippen LogP contribution in [0.1, 0.15) is 18.4 Å². The first kappa shape index (κ1) is 26.2. The fourth-order valence-corrected chi connectivity index (χ4v) is 6.00. The van der Waals surface area contributed by atoms with E-state index in [4.69, 9.17) is 4.98 Å². The molecule has 0 aliphatic carbocycles. The van der Waals surface area contributed by atoms with Crippen LogP contribution in [0.5, 0.6) is 0 Å². The average molecular weight is 554 g/mol. The van der Waals surface area contributed by atoms with E-state index in [0.29, 0.717) is 50.6 Å². The molecule has 0 amide bonds. The van der Waals surface area contributed by atoms with E-state index in [1.54, 1.807) is 25.4 Å². The molecule has 1 unspecified atom stereocenters. The Bertz CT molecular complexity index is 1490. The van der Waals surface area contributed by atoms with E-state index in [1.165, 1.54) is 14.2 Å². The zero-order valence-corrected chi connectivity index (χ0v) is 23.2. The first-order valence-corrected chi connectivity index (χ1v) is 14.6. The molecule has 1 aliphatic rings. The summed E-state index contributed by atoms with van der Waals surface area (Å²) < 4.78 is 28.9. The van der Waals surface area contributed by atoms with Crippen molar-refractivity contribution in [2.45, 2.75) is 12.8 Å². The Morgan fingerprint density at radius 1 is 1.00 bits per heavy atom. The number of hydrogen-bond acceptors (Lipinski definition) is 10. The quantitative estimate of drug-likeness (QED) is 0.321. The molecular formula is C25H31N9O2S2. The second kappa shape index (κ2) is 11.2. The number of nitrogens with zero attached hydrogens (tertiary/aromatic N) is 7. The number of aromatic nitrogens is 4. The van der Waals surface area contributed by atoms with Crippen LogP contribution in [0.4, 0.5) is 23.5 Å². The Labute approximate surface area is 226 Å². The van der Waals surface area contributed by atoms with E-state index < -0.39 is 10.2 Å². The van der Waals surface area contributed by atoms with Crippen LogP contribution in [0.2, 0.25) is 0 Å². The van der Waals surface area contributed by atoms with Crippen LogP contribution in [-0.2, 0) is 10.2 Å². The summed E-state index contributed by atoms with van der Waals surface area (Å²) >= 11 is 1.57. The van der Waals surface area contributed by atoms with Gasteiger partial charge in [0, 0.05) is 52.5 Å². The van der Waals surface area contributed by atoms with Gasteiger partial charge in [-0.25, -0.2) is 4.98 Å². The minimum atomic E-state index is -3.46. The predicted molar refractivity (Wildman–Crippen MR) is 152 cm³/mol. The summed E-state index contributed by atoms with van der Waals surface area (Å²) in [6.07, 6.45) is 0. The summed E-state index contributed by atoms with van der Waals surface area (Å²) in [6.45, 7) is 4.45. The maximum absolute atomic E-state index is 12.5. The Morgan fingerprint density at radius 2 is 1.74 bits per heavy atom. The van der Waals surface area contributed by atoms with E-state index >= 15 is 0 Å². The van der Waals surface area contributed by atoms with Gasteiger partial charge in [-0.15, -0.1) is 11.3 Å². The van der Waals surface area contributed by atoms with Crippen molar-refractivity contribution >= 4 is 55.3 Å². The maximum atomic E-state index is 12.5. The molecule has 38 heavy (non-hydrogen) atoms. The zero-order valence-electron chi connectivity index (χ0n) is 21.6. The van der Waals surface area contributed by atoms with Crippen LogP contribution in [0, 0.1) is 0 Å². The van der Waals surface area contributed by atoms with Crippen LogP contribution >= 0.6 is 11.3 Å². The zero-order chi connectivity index (χ0) is 26.7. The summed E-state index contributed by atoms with van der Waals surface area (Å²) in [5, 5.41) is 6.68. The molecule has 5 rings (SSSR count). The van der Waals surface area contributed by atoms with Gasteiger partial charge in [-0.3, -0.25) is 0 Å². The second-order valence-electron chi connectivity index (χ2n) is 9.31. The van der Waals surface area contributed by atoms with Gasteiger partial charge in [0.15, 0.2) is 0 Å². The number of thiazole rings is 1. The maximum Gasteiger partial charge on any atom is 0.281 e. The molecule has 4 aromatic rings. The molecule has 3 heterocycles. The summed E-state index contributed by atoms with van der Waals surface area (Å²) in [5.41, 5.74) is 4.84. The number of piperazine rings is 1. The van der Waals surface area contributed by atoms with Crippen LogP contribution in [-0.4, -0.2) is 83.8 Å². The van der Waals surface area contributed by atoms with Gasteiger partial charge in [0.25, 0.3) is 10.2 Å². The SMILES string of the molecule is CC(CNc1nc(Nc2ccc3ncsc3c2)nc(N2CCN(S(=O)(=O)N(C)C)CC2)n1)c1ccccc1. The molecule has 200 valence electrons. The number of anilines is 4. The number of nitrogens with one attached hydrogen (secondary N) is 2. The largest absolute Gasteiger partial charge is 0.353 e. The molecule has 0 spiro atoms. The van der Waals surface area contributed by atoms with Gasteiger partial charge in [0.05, 0.1) is 15.7 Å². The molecule has 1 fully saturated rings. The Hall–Kier alpha value is -3.39. The third kappa shape index (κ3) is 5.85. The molecule has 1 atom stereocenters. The normalized spacial score (nSPS) is 15.6. The molecule has 0 saturated carbocycles. The lowest BCUT2D eigenvalue weighted by atomic mass is 10.0. The van der Waals surface area contributed by atoms with Gasteiger partial charge >= 0.3 is 0 Å². The summed E-state index contributed by atoms with van der Waals surface area (Å²) in [4.78, 5) is 20.4. The Balaban J connectivity index is 1.37. The van der Waals surface area contributed by atoms with Crippen LogP contribution < -0.4 is 15.5 Å². The van der Waals surface area contributed by atoms with Gasteiger partial charge in [0.2, 0.25) is 17.8 Å². The smallest absolute Gasteiger partial charge is 0.281 e. The van der Waals surface area contributed by atoms with Crippen molar-refractivity contribution in [1.82, 2.24) is 28.5 Å². The Kier molecular flexibility index (Phi) is 7.70. The number of fused-ring (bicyclic) bond motifs is 1. The molecule has 13 heteroatoms. The fourth-order valence-electron chi connectivity index (χ4n) is 4.20. The highest BCUT2D eigenvalue weighted by atomic mass is 32.2. The summed E-state index contributed by atoms with van der Waals surface area (Å²) in [7, 11) is -0.372. The van der Waals surface area contributed by atoms with Gasteiger partial charge in [-0.05, 0) is 29.7 Å². The molecule has 1 aliphatic heterocycles. The van der Waals surface area contributed by atoms with E-state index in [2.05, 4.69) is 44.6 Å². The van der Waals surface area contributed by atoms with E-state index in [1.807, 2.05) is 46.8 Å². The number of benzene rings is 2. The van der Waals surface area contributed by atoms with E-state index in [0.717, 1.165) is 15.9 Å². The predicted octanol–water partition coefficient (Wildman–Crippen LogP) is 3.37. The van der Waals surface area contributed by atoms with Crippen LogP contribution in [0.3, 0.4) is 0 Å². The minimum absolute atomic E-state index is 0.251. The van der Waals surface area contributed by atoms with E-state index in [9.17, 15) is 8.42 Å². The highest BCUT2D eigenvalue weighted by Gasteiger charge is 2.29. The van der Waals surface area contributed by atoms with Crippen molar-refractivity contribution in [2.24, 2.45) is 0 Å². The van der Waals surface area contributed by atoms with Gasteiger partial charge in [-0.2, -0.15) is 32.0 Å². The van der Waals surface area contributed by atoms with Crippen molar-refractivity contribution in [1.29, 1.82) is 0 Å². The lowest BCUT2D eigenvalue weighted by molar-refractivity contribution is 0.354. The van der Waals surface area contributed by atoms with Crippen molar-refractivity contribution in [2.75, 3.05) is 62.4 Å². The second-order valence-corrected chi connectivity index (χ2v) is 12.3. The topological polar surface area (TPSA) is 119 Å². The standard InChI is InChI=1S/C25H31N9O2S2/c1-18(19-7-5-4-6-8-19)16-26-23-29-24(28-20-9-10-21-22(15-20)37-17-27-21)31-25(30-23)33-11-13-34(14-12-33)38(35,36)32(2)3/h4-10,15,17-18H,11-14,16H2,1-3H3,(H2,26,28,29,30,31). The van der Waals surface area contributed by atoms with Gasteiger partial charge < -0.3 is 15.5 Å². The molecule has 2 aromatic carbocycles. The fraction of sp³-hybridized carbons (Fsp3) is 0.360. The molecular weight excluding hydrogens is 522 g/mol. The first-order chi connectivity index (χ1) is 18.3. The van der Waals surface area contributed by atoms with E-state index in [-0.39, 0.29) is 5.92 Å². The van der Waals surface area contributed by atoms with Gasteiger partial charge in [-0.1, -0.05) is 37.3 Å². The third-order valence-electron chi connectivity index (χ3n) is 6.46. The van der Waals surface area contributed by atoms with Crippen molar-refractivity contribution in [3.63, 3.8) is 0 Å². The molecule has 0 radical (unpaired) electrons. The summed E-state index contributed by atoms with van der Waals surface area (Å²) in [6, 6.07) is 16.2. The van der Waals surface area contributed by atoms with Crippen molar-refractivity contribution in [3.8, 4) is 0 Å². The number of hydrogen-bond donors (Lipinski definition) is 2. The third-order valence-corrected chi connectivity index (χ3v) is 9.19. The van der Waals surface area contributed by atoms with Gasteiger partial charge in [0.1, 0.15) is 0 Å². The minimum Gasteiger partial charge on any atom is -0.353 e. The highest BCUT2D eigenvalue weighted by molar-refractivity contribution is 7.86. The van der Waals surface area contributed by atoms with Crippen molar-refractivity contribution in [3.05, 3.63) is 59.6 Å². The lowest BCUT2D eigenvalue weighted by Crippen LogP contribution is -2.52. The first-order valence-electron chi connectivity index (χ1n) is 12.4. The molecule has 11 nitrogen and oxygen atoms in total. The van der Waals surface area contributed by atoms with Crippen molar-refractivity contribution < 1.29 is 8.42 Å². The molecule has 1 saturated heterocycles. The van der Waals surface area contributed by atoms with Crippen LogP contribution in [0.15, 0.2) is 54.0 Å². The molecule has 2 N–H and O–H groups in total. The number of rotatable bonds is 9. The molecule has 2 aromatic heterocycles. The summed E-state index contributed by atoms with van der Waals surface area (Å²) in [5.74, 6) is 1.62.